The molecule has 3 heteroatoms. The van der Waals surface area contributed by atoms with E-state index in [1.807, 2.05) is 12.1 Å². The van der Waals surface area contributed by atoms with E-state index >= 15 is 0 Å². The van der Waals surface area contributed by atoms with Crippen molar-refractivity contribution >= 4 is 22.5 Å². The largest absolute Gasteiger partial charge is 0.321 e. The normalized spacial score (nSPS) is 14.5. The van der Waals surface area contributed by atoms with Crippen LogP contribution in [-0.4, -0.2) is 4.98 Å². The first-order chi connectivity index (χ1) is 7.25. The van der Waals surface area contributed by atoms with Crippen molar-refractivity contribution in [3.63, 3.8) is 0 Å². The molecule has 1 aromatic heterocycles. The fourth-order valence-electron chi connectivity index (χ4n) is 2.37. The van der Waals surface area contributed by atoms with Crippen molar-refractivity contribution in [3.05, 3.63) is 44.7 Å². The van der Waals surface area contributed by atoms with Crippen LogP contribution < -0.4 is 5.56 Å². The molecule has 3 rings (SSSR count). The lowest BCUT2D eigenvalue weighted by atomic mass is 10.0. The maximum atomic E-state index is 11.2. The van der Waals surface area contributed by atoms with E-state index in [1.165, 1.54) is 17.5 Å². The number of nitrogens with one attached hydrogen (secondary N) is 1. The summed E-state index contributed by atoms with van der Waals surface area (Å²) in [5.41, 5.74) is 3.37. The van der Waals surface area contributed by atoms with E-state index < -0.39 is 0 Å². The number of aromatic amines is 1. The lowest BCUT2D eigenvalue weighted by Gasteiger charge is -2.06. The molecule has 1 N–H and O–H groups in total. The number of hydrogen-bond acceptors (Lipinski definition) is 1. The van der Waals surface area contributed by atoms with Crippen LogP contribution in [0.15, 0.2) is 23.0 Å². The standard InChI is InChI=1S/C12H10ClNO/c13-10-6-7-2-1-3-8(7)9-4-5-11(15)14-12(9)10/h4-6H,1-3H2,(H,14,15). The van der Waals surface area contributed by atoms with Gasteiger partial charge in [0.25, 0.3) is 0 Å². The number of H-pyrrole nitrogens is 1. The van der Waals surface area contributed by atoms with Gasteiger partial charge in [0.1, 0.15) is 0 Å². The quantitative estimate of drug-likeness (QED) is 0.726. The van der Waals surface area contributed by atoms with Gasteiger partial charge in [-0.1, -0.05) is 11.6 Å². The summed E-state index contributed by atoms with van der Waals surface area (Å²) in [5, 5.41) is 1.76. The number of aryl methyl sites for hydroxylation is 2. The molecule has 1 aliphatic carbocycles. The summed E-state index contributed by atoms with van der Waals surface area (Å²) in [6.07, 6.45) is 3.38. The highest BCUT2D eigenvalue weighted by atomic mass is 35.5. The molecule has 0 unspecified atom stereocenters. The third-order valence-electron chi connectivity index (χ3n) is 3.04. The molecule has 1 heterocycles. The van der Waals surface area contributed by atoms with Gasteiger partial charge in [0.15, 0.2) is 0 Å². The molecule has 0 radical (unpaired) electrons. The van der Waals surface area contributed by atoms with E-state index in [2.05, 4.69) is 4.98 Å². The molecule has 2 nitrogen and oxygen atoms in total. The average molecular weight is 220 g/mol. The molecular weight excluding hydrogens is 210 g/mol. The van der Waals surface area contributed by atoms with Crippen molar-refractivity contribution < 1.29 is 0 Å². The van der Waals surface area contributed by atoms with Gasteiger partial charge in [-0.05, 0) is 42.5 Å². The molecule has 0 fully saturated rings. The van der Waals surface area contributed by atoms with Crippen LogP contribution in [0.2, 0.25) is 5.02 Å². The molecular formula is C12H10ClNO. The van der Waals surface area contributed by atoms with Crippen molar-refractivity contribution in [3.8, 4) is 0 Å². The number of hydrogen-bond donors (Lipinski definition) is 1. The summed E-state index contributed by atoms with van der Waals surface area (Å²) < 4.78 is 0. The zero-order valence-electron chi connectivity index (χ0n) is 8.14. The fourth-order valence-corrected chi connectivity index (χ4v) is 2.65. The number of benzene rings is 1. The summed E-state index contributed by atoms with van der Waals surface area (Å²) in [5.74, 6) is 0. The molecule has 0 aliphatic heterocycles. The zero-order chi connectivity index (χ0) is 10.4. The molecule has 0 atom stereocenters. The van der Waals surface area contributed by atoms with Gasteiger partial charge in [-0.2, -0.15) is 0 Å². The van der Waals surface area contributed by atoms with Crippen molar-refractivity contribution in [2.75, 3.05) is 0 Å². The molecule has 2 aromatic rings. The van der Waals surface area contributed by atoms with Gasteiger partial charge in [0, 0.05) is 11.5 Å². The van der Waals surface area contributed by atoms with Crippen molar-refractivity contribution in [2.24, 2.45) is 0 Å². The second-order valence-electron chi connectivity index (χ2n) is 3.96. The Morgan fingerprint density at radius 1 is 1.27 bits per heavy atom. The van der Waals surface area contributed by atoms with Gasteiger partial charge < -0.3 is 4.98 Å². The molecule has 0 spiro atoms. The summed E-state index contributed by atoms with van der Waals surface area (Å²) in [4.78, 5) is 14.0. The van der Waals surface area contributed by atoms with Crippen LogP contribution >= 0.6 is 11.6 Å². The summed E-state index contributed by atoms with van der Waals surface area (Å²) in [6.45, 7) is 0. The maximum Gasteiger partial charge on any atom is 0.248 e. The first-order valence-electron chi connectivity index (χ1n) is 5.09. The Balaban J connectivity index is 2.49. The van der Waals surface area contributed by atoms with Crippen LogP contribution in [-0.2, 0) is 12.8 Å². The minimum absolute atomic E-state index is 0.0950. The zero-order valence-corrected chi connectivity index (χ0v) is 8.90. The fraction of sp³-hybridized carbons (Fsp3) is 0.250. The molecule has 76 valence electrons. The second-order valence-corrected chi connectivity index (χ2v) is 4.37. The van der Waals surface area contributed by atoms with Crippen LogP contribution in [0.25, 0.3) is 10.9 Å². The number of aromatic nitrogens is 1. The van der Waals surface area contributed by atoms with E-state index in [0.29, 0.717) is 5.02 Å². The maximum absolute atomic E-state index is 11.2. The molecule has 1 aromatic carbocycles. The van der Waals surface area contributed by atoms with Gasteiger partial charge in [-0.15, -0.1) is 0 Å². The van der Waals surface area contributed by atoms with Crippen LogP contribution in [0, 0.1) is 0 Å². The van der Waals surface area contributed by atoms with E-state index in [1.54, 1.807) is 6.07 Å². The van der Waals surface area contributed by atoms with Crippen molar-refractivity contribution in [1.82, 2.24) is 4.98 Å². The first-order valence-corrected chi connectivity index (χ1v) is 5.47. The summed E-state index contributed by atoms with van der Waals surface area (Å²) in [6, 6.07) is 5.43. The van der Waals surface area contributed by atoms with Crippen molar-refractivity contribution in [1.29, 1.82) is 0 Å². The first kappa shape index (κ1) is 8.98. The number of rotatable bonds is 0. The monoisotopic (exact) mass is 219 g/mol. The lowest BCUT2D eigenvalue weighted by molar-refractivity contribution is 0.913. The smallest absolute Gasteiger partial charge is 0.248 e. The van der Waals surface area contributed by atoms with Gasteiger partial charge in [0.2, 0.25) is 5.56 Å². The Hall–Kier alpha value is -1.28. The number of halogens is 1. The van der Waals surface area contributed by atoms with Crippen LogP contribution in [0.1, 0.15) is 17.5 Å². The molecule has 15 heavy (non-hydrogen) atoms. The van der Waals surface area contributed by atoms with Crippen molar-refractivity contribution in [2.45, 2.75) is 19.3 Å². The Morgan fingerprint density at radius 2 is 2.13 bits per heavy atom. The predicted octanol–water partition coefficient (Wildman–Crippen LogP) is 2.67. The highest BCUT2D eigenvalue weighted by molar-refractivity contribution is 6.35. The Labute approximate surface area is 91.9 Å². The van der Waals surface area contributed by atoms with E-state index in [0.717, 1.165) is 23.7 Å². The van der Waals surface area contributed by atoms with Gasteiger partial charge in [0.05, 0.1) is 10.5 Å². The third-order valence-corrected chi connectivity index (χ3v) is 3.34. The van der Waals surface area contributed by atoms with E-state index in [-0.39, 0.29) is 5.56 Å². The predicted molar refractivity (Wildman–Crippen MR) is 61.6 cm³/mol. The summed E-state index contributed by atoms with van der Waals surface area (Å²) in [7, 11) is 0. The minimum atomic E-state index is -0.0950. The topological polar surface area (TPSA) is 32.9 Å². The Morgan fingerprint density at radius 3 is 3.00 bits per heavy atom. The molecule has 0 saturated heterocycles. The Bertz CT molecular complexity index is 600. The number of pyridine rings is 1. The van der Waals surface area contributed by atoms with E-state index in [9.17, 15) is 4.79 Å². The SMILES string of the molecule is O=c1ccc2c3c(cc(Cl)c2[nH]1)CCC3. The van der Waals surface area contributed by atoms with Gasteiger partial charge >= 0.3 is 0 Å². The van der Waals surface area contributed by atoms with E-state index in [4.69, 9.17) is 11.6 Å². The highest BCUT2D eigenvalue weighted by Crippen LogP contribution is 2.32. The average Bonchev–Trinajstić information content (AvgIpc) is 2.66. The molecule has 0 saturated carbocycles. The Kier molecular flexibility index (Phi) is 1.86. The van der Waals surface area contributed by atoms with Crippen LogP contribution in [0.4, 0.5) is 0 Å². The minimum Gasteiger partial charge on any atom is -0.321 e. The lowest BCUT2D eigenvalue weighted by Crippen LogP contribution is -2.03. The summed E-state index contributed by atoms with van der Waals surface area (Å²) >= 11 is 6.14. The van der Waals surface area contributed by atoms with Gasteiger partial charge in [-0.25, -0.2) is 0 Å². The molecule has 0 amide bonds. The van der Waals surface area contributed by atoms with Crippen LogP contribution in [0.5, 0.6) is 0 Å². The van der Waals surface area contributed by atoms with Crippen LogP contribution in [0.3, 0.4) is 0 Å². The molecule has 0 bridgehead atoms. The highest BCUT2D eigenvalue weighted by Gasteiger charge is 2.16. The number of fused-ring (bicyclic) bond motifs is 3. The second kappa shape index (κ2) is 3.11. The third kappa shape index (κ3) is 1.29. The van der Waals surface area contributed by atoms with Gasteiger partial charge in [-0.3, -0.25) is 4.79 Å². The molecule has 1 aliphatic rings.